The summed E-state index contributed by atoms with van der Waals surface area (Å²) in [4.78, 5) is 10.1. The van der Waals surface area contributed by atoms with E-state index >= 15 is 0 Å². The summed E-state index contributed by atoms with van der Waals surface area (Å²) < 4.78 is 0. The SMILES string of the molecule is Cc1cc(N2CC[C@@H](O)C2)nc(Cl)n1. The maximum absolute atomic E-state index is 9.38. The van der Waals surface area contributed by atoms with Gasteiger partial charge in [0.2, 0.25) is 5.28 Å². The third-order valence-electron chi connectivity index (χ3n) is 2.30. The summed E-state index contributed by atoms with van der Waals surface area (Å²) >= 11 is 5.75. The Kier molecular flexibility index (Phi) is 2.56. The van der Waals surface area contributed by atoms with Crippen molar-refractivity contribution < 1.29 is 5.11 Å². The Morgan fingerprint density at radius 2 is 2.36 bits per heavy atom. The highest BCUT2D eigenvalue weighted by atomic mass is 35.5. The van der Waals surface area contributed by atoms with E-state index in [1.54, 1.807) is 0 Å². The van der Waals surface area contributed by atoms with Gasteiger partial charge in [-0.05, 0) is 24.9 Å². The van der Waals surface area contributed by atoms with Gasteiger partial charge in [0.25, 0.3) is 0 Å². The number of hydrogen-bond acceptors (Lipinski definition) is 4. The topological polar surface area (TPSA) is 49.2 Å². The van der Waals surface area contributed by atoms with Crippen LogP contribution in [0.2, 0.25) is 5.28 Å². The van der Waals surface area contributed by atoms with Crippen molar-refractivity contribution in [1.29, 1.82) is 0 Å². The van der Waals surface area contributed by atoms with Crippen LogP contribution in [0.4, 0.5) is 5.82 Å². The molecule has 0 amide bonds. The second-order valence-electron chi connectivity index (χ2n) is 3.53. The fraction of sp³-hybridized carbons (Fsp3) is 0.556. The number of aryl methyl sites for hydroxylation is 1. The molecule has 76 valence electrons. The summed E-state index contributed by atoms with van der Waals surface area (Å²) in [5, 5.41) is 9.65. The van der Waals surface area contributed by atoms with Gasteiger partial charge in [0.05, 0.1) is 6.10 Å². The summed E-state index contributed by atoms with van der Waals surface area (Å²) in [6.07, 6.45) is 0.546. The van der Waals surface area contributed by atoms with Crippen LogP contribution in [0.3, 0.4) is 0 Å². The van der Waals surface area contributed by atoms with E-state index in [4.69, 9.17) is 11.6 Å². The van der Waals surface area contributed by atoms with Gasteiger partial charge in [-0.1, -0.05) is 0 Å². The molecule has 0 aromatic carbocycles. The fourth-order valence-corrected chi connectivity index (χ4v) is 1.85. The first-order valence-corrected chi connectivity index (χ1v) is 4.97. The zero-order valence-corrected chi connectivity index (χ0v) is 8.70. The lowest BCUT2D eigenvalue weighted by Crippen LogP contribution is -2.22. The molecule has 1 aromatic heterocycles. The van der Waals surface area contributed by atoms with Gasteiger partial charge in [-0.15, -0.1) is 0 Å². The summed E-state index contributed by atoms with van der Waals surface area (Å²) in [5.41, 5.74) is 0.849. The molecule has 1 aliphatic rings. The van der Waals surface area contributed by atoms with Crippen LogP contribution in [0.25, 0.3) is 0 Å². The first-order valence-electron chi connectivity index (χ1n) is 4.59. The summed E-state index contributed by atoms with van der Waals surface area (Å²) in [7, 11) is 0. The van der Waals surface area contributed by atoms with Crippen LogP contribution >= 0.6 is 11.6 Å². The quantitative estimate of drug-likeness (QED) is 0.708. The van der Waals surface area contributed by atoms with Gasteiger partial charge in [-0.25, -0.2) is 9.97 Å². The van der Waals surface area contributed by atoms with Crippen molar-refractivity contribution in [3.05, 3.63) is 17.0 Å². The Bertz CT molecular complexity index is 325. The van der Waals surface area contributed by atoms with Crippen LogP contribution in [-0.2, 0) is 0 Å². The molecule has 1 aromatic rings. The Morgan fingerprint density at radius 1 is 1.57 bits per heavy atom. The van der Waals surface area contributed by atoms with Gasteiger partial charge in [-0.3, -0.25) is 0 Å². The van der Waals surface area contributed by atoms with Crippen LogP contribution in [0.1, 0.15) is 12.1 Å². The minimum absolute atomic E-state index is 0.246. The molecule has 0 saturated carbocycles. The van der Waals surface area contributed by atoms with Crippen molar-refractivity contribution in [1.82, 2.24) is 9.97 Å². The Balaban J connectivity index is 2.23. The summed E-state index contributed by atoms with van der Waals surface area (Å²) in [6.45, 7) is 3.34. The first-order chi connectivity index (χ1) is 6.65. The Labute approximate surface area is 87.5 Å². The largest absolute Gasteiger partial charge is 0.391 e. The van der Waals surface area contributed by atoms with Crippen LogP contribution in [0.5, 0.6) is 0 Å². The number of anilines is 1. The van der Waals surface area contributed by atoms with Crippen molar-refractivity contribution in [2.45, 2.75) is 19.4 Å². The van der Waals surface area contributed by atoms with Gasteiger partial charge < -0.3 is 10.0 Å². The highest BCUT2D eigenvalue weighted by molar-refractivity contribution is 6.28. The molecule has 2 rings (SSSR count). The second-order valence-corrected chi connectivity index (χ2v) is 3.86. The number of β-amino-alcohol motifs (C(OH)–C–C–N with tert-alkyl or cyclic N) is 1. The molecule has 1 saturated heterocycles. The molecule has 1 atom stereocenters. The van der Waals surface area contributed by atoms with Crippen LogP contribution in [0.15, 0.2) is 6.07 Å². The number of nitrogens with zero attached hydrogens (tertiary/aromatic N) is 3. The number of hydrogen-bond donors (Lipinski definition) is 1. The normalized spacial score (nSPS) is 21.6. The molecule has 1 aliphatic heterocycles. The van der Waals surface area contributed by atoms with E-state index in [2.05, 4.69) is 9.97 Å². The summed E-state index contributed by atoms with van der Waals surface area (Å²) in [5.74, 6) is 0.805. The second kappa shape index (κ2) is 3.71. The molecule has 0 spiro atoms. The van der Waals surface area contributed by atoms with Crippen molar-refractivity contribution in [2.24, 2.45) is 0 Å². The van der Waals surface area contributed by atoms with Crippen LogP contribution < -0.4 is 4.90 Å². The Morgan fingerprint density at radius 3 is 2.93 bits per heavy atom. The zero-order valence-electron chi connectivity index (χ0n) is 7.94. The van der Waals surface area contributed by atoms with E-state index in [1.165, 1.54) is 0 Å². The number of aliphatic hydroxyl groups is 1. The molecule has 1 fully saturated rings. The highest BCUT2D eigenvalue weighted by Crippen LogP contribution is 2.19. The molecular formula is C9H12ClN3O. The monoisotopic (exact) mass is 213 g/mol. The highest BCUT2D eigenvalue weighted by Gasteiger charge is 2.21. The van der Waals surface area contributed by atoms with Crippen molar-refractivity contribution in [3.63, 3.8) is 0 Å². The minimum Gasteiger partial charge on any atom is -0.391 e. The minimum atomic E-state index is -0.246. The number of aromatic nitrogens is 2. The van der Waals surface area contributed by atoms with Crippen molar-refractivity contribution in [2.75, 3.05) is 18.0 Å². The fourth-order valence-electron chi connectivity index (χ4n) is 1.63. The molecule has 1 N–H and O–H groups in total. The van der Waals surface area contributed by atoms with E-state index in [0.717, 1.165) is 24.5 Å². The predicted octanol–water partition coefficient (Wildman–Crippen LogP) is 1.01. The number of halogens is 1. The smallest absolute Gasteiger partial charge is 0.224 e. The van der Waals surface area contributed by atoms with Crippen molar-refractivity contribution in [3.8, 4) is 0 Å². The predicted molar refractivity (Wildman–Crippen MR) is 54.6 cm³/mol. The lowest BCUT2D eigenvalue weighted by atomic mass is 10.3. The first kappa shape index (κ1) is 9.68. The lowest BCUT2D eigenvalue weighted by Gasteiger charge is -2.16. The van der Waals surface area contributed by atoms with Gasteiger partial charge >= 0.3 is 0 Å². The maximum atomic E-state index is 9.38. The lowest BCUT2D eigenvalue weighted by molar-refractivity contribution is 0.198. The third-order valence-corrected chi connectivity index (χ3v) is 2.47. The van der Waals surface area contributed by atoms with Gasteiger partial charge in [0.1, 0.15) is 5.82 Å². The molecule has 5 heteroatoms. The van der Waals surface area contributed by atoms with E-state index in [0.29, 0.717) is 6.54 Å². The molecule has 0 bridgehead atoms. The van der Waals surface area contributed by atoms with Gasteiger partial charge in [0.15, 0.2) is 0 Å². The molecule has 14 heavy (non-hydrogen) atoms. The molecule has 0 unspecified atom stereocenters. The molecular weight excluding hydrogens is 202 g/mol. The zero-order chi connectivity index (χ0) is 10.1. The van der Waals surface area contributed by atoms with E-state index in [-0.39, 0.29) is 11.4 Å². The van der Waals surface area contributed by atoms with E-state index in [9.17, 15) is 5.11 Å². The third kappa shape index (κ3) is 1.96. The average molecular weight is 214 g/mol. The van der Waals surface area contributed by atoms with Gasteiger partial charge in [0, 0.05) is 24.8 Å². The summed E-state index contributed by atoms with van der Waals surface area (Å²) in [6, 6.07) is 1.88. The average Bonchev–Trinajstić information content (AvgIpc) is 2.50. The maximum Gasteiger partial charge on any atom is 0.224 e. The van der Waals surface area contributed by atoms with Crippen LogP contribution in [-0.4, -0.2) is 34.3 Å². The Hall–Kier alpha value is -0.870. The van der Waals surface area contributed by atoms with E-state index in [1.807, 2.05) is 17.9 Å². The van der Waals surface area contributed by atoms with Crippen molar-refractivity contribution >= 4 is 17.4 Å². The molecule has 0 aliphatic carbocycles. The standard InChI is InChI=1S/C9H12ClN3O/c1-6-4-8(12-9(10)11-6)13-3-2-7(14)5-13/h4,7,14H,2-3,5H2,1H3/t7-/m1/s1. The molecule has 2 heterocycles. The molecule has 0 radical (unpaired) electrons. The number of aliphatic hydroxyl groups excluding tert-OH is 1. The van der Waals surface area contributed by atoms with E-state index < -0.39 is 0 Å². The molecule has 4 nitrogen and oxygen atoms in total. The number of rotatable bonds is 1. The van der Waals surface area contributed by atoms with Crippen LogP contribution in [0, 0.1) is 6.92 Å². The van der Waals surface area contributed by atoms with Gasteiger partial charge in [-0.2, -0.15) is 0 Å².